The number of hydrogen-bond acceptors (Lipinski definition) is 6. The highest BCUT2D eigenvalue weighted by Crippen LogP contribution is 2.25. The van der Waals surface area contributed by atoms with E-state index in [0.717, 1.165) is 0 Å². The predicted octanol–water partition coefficient (Wildman–Crippen LogP) is 0.965. The number of rotatable bonds is 6. The normalized spacial score (nSPS) is 11.7. The molecule has 0 fully saturated rings. The van der Waals surface area contributed by atoms with Crippen molar-refractivity contribution in [3.05, 3.63) is 11.4 Å². The second-order valence-electron chi connectivity index (χ2n) is 4.11. The molecule has 0 bridgehead atoms. The lowest BCUT2D eigenvalue weighted by Crippen LogP contribution is -2.37. The van der Waals surface area contributed by atoms with Crippen molar-refractivity contribution in [2.45, 2.75) is 20.8 Å². The Morgan fingerprint density at radius 2 is 1.95 bits per heavy atom. The van der Waals surface area contributed by atoms with E-state index in [-0.39, 0.29) is 29.2 Å². The molecule has 116 valence electrons. The second-order valence-corrected chi connectivity index (χ2v) is 4.11. The SMILES string of the molecule is CCN(CC)C(=O)/C(C)=[N+](\[O-])c1cnc(OC)nc1OC. The lowest BCUT2D eigenvalue weighted by molar-refractivity contribution is -0.362. The van der Waals surface area contributed by atoms with Crippen molar-refractivity contribution in [1.82, 2.24) is 14.9 Å². The van der Waals surface area contributed by atoms with Crippen molar-refractivity contribution in [1.29, 1.82) is 0 Å². The van der Waals surface area contributed by atoms with Crippen LogP contribution in [-0.4, -0.2) is 58.5 Å². The lowest BCUT2D eigenvalue weighted by atomic mass is 10.3. The summed E-state index contributed by atoms with van der Waals surface area (Å²) in [4.78, 5) is 21.5. The number of nitrogens with zero attached hydrogens (tertiary/aromatic N) is 4. The Bertz CT molecular complexity index is 541. The number of ether oxygens (including phenoxy) is 2. The standard InChI is InChI=1S/C13H20N4O4/c1-6-16(7-2)12(18)9(3)17(19)10-8-14-13(21-5)15-11(10)20-4/h8H,6-7H2,1-5H3/b17-9-. The van der Waals surface area contributed by atoms with Crippen molar-refractivity contribution in [2.24, 2.45) is 0 Å². The molecule has 0 saturated carbocycles. The van der Waals surface area contributed by atoms with Gasteiger partial charge in [0, 0.05) is 20.0 Å². The third-order valence-corrected chi connectivity index (χ3v) is 2.97. The molecular formula is C13H20N4O4. The first kappa shape index (κ1) is 16.7. The molecule has 0 N–H and O–H groups in total. The lowest BCUT2D eigenvalue weighted by Gasteiger charge is -2.18. The summed E-state index contributed by atoms with van der Waals surface area (Å²) in [6.45, 7) is 6.20. The van der Waals surface area contributed by atoms with Gasteiger partial charge in [-0.05, 0) is 13.8 Å². The van der Waals surface area contributed by atoms with E-state index in [1.807, 2.05) is 13.8 Å². The number of amides is 1. The topological polar surface area (TPSA) is 90.6 Å². The summed E-state index contributed by atoms with van der Waals surface area (Å²) < 4.78 is 10.4. The quantitative estimate of drug-likeness (QED) is 0.336. The Hall–Kier alpha value is -2.38. The highest BCUT2D eigenvalue weighted by Gasteiger charge is 2.24. The van der Waals surface area contributed by atoms with Gasteiger partial charge in [0.15, 0.2) is 0 Å². The molecule has 0 aliphatic carbocycles. The zero-order chi connectivity index (χ0) is 16.0. The zero-order valence-electron chi connectivity index (χ0n) is 12.9. The Balaban J connectivity index is 3.25. The fourth-order valence-electron chi connectivity index (χ4n) is 1.74. The van der Waals surface area contributed by atoms with E-state index in [9.17, 15) is 10.0 Å². The second kappa shape index (κ2) is 7.41. The molecule has 0 radical (unpaired) electrons. The minimum absolute atomic E-state index is 0.0192. The Labute approximate surface area is 123 Å². The van der Waals surface area contributed by atoms with Crippen LogP contribution in [0.1, 0.15) is 20.8 Å². The van der Waals surface area contributed by atoms with Gasteiger partial charge < -0.3 is 19.6 Å². The Kier molecular flexibility index (Phi) is 5.89. The number of aromatic nitrogens is 2. The van der Waals surface area contributed by atoms with Crippen molar-refractivity contribution in [2.75, 3.05) is 27.3 Å². The maximum Gasteiger partial charge on any atom is 0.319 e. The van der Waals surface area contributed by atoms with Crippen LogP contribution in [0, 0.1) is 5.21 Å². The first-order valence-corrected chi connectivity index (χ1v) is 6.55. The van der Waals surface area contributed by atoms with Gasteiger partial charge in [0.1, 0.15) is 6.20 Å². The third-order valence-electron chi connectivity index (χ3n) is 2.97. The Morgan fingerprint density at radius 3 is 2.43 bits per heavy atom. The summed E-state index contributed by atoms with van der Waals surface area (Å²) in [5.74, 6) is -0.295. The molecule has 8 heteroatoms. The summed E-state index contributed by atoms with van der Waals surface area (Å²) >= 11 is 0. The smallest absolute Gasteiger partial charge is 0.319 e. The van der Waals surface area contributed by atoms with Gasteiger partial charge in [-0.15, -0.1) is 0 Å². The van der Waals surface area contributed by atoms with E-state index >= 15 is 0 Å². The fraction of sp³-hybridized carbons (Fsp3) is 0.538. The number of hydrogen-bond donors (Lipinski definition) is 0. The van der Waals surface area contributed by atoms with Gasteiger partial charge in [-0.25, -0.2) is 0 Å². The molecule has 0 unspecified atom stereocenters. The minimum atomic E-state index is -0.340. The van der Waals surface area contributed by atoms with E-state index < -0.39 is 0 Å². The van der Waals surface area contributed by atoms with Gasteiger partial charge >= 0.3 is 11.9 Å². The van der Waals surface area contributed by atoms with Crippen LogP contribution >= 0.6 is 0 Å². The maximum absolute atomic E-state index is 12.3. The van der Waals surface area contributed by atoms with Crippen LogP contribution in [0.5, 0.6) is 11.9 Å². The van der Waals surface area contributed by atoms with E-state index in [1.54, 1.807) is 4.90 Å². The summed E-state index contributed by atoms with van der Waals surface area (Å²) in [5, 5.41) is 12.3. The van der Waals surface area contributed by atoms with Crippen molar-refractivity contribution in [3.8, 4) is 11.9 Å². The van der Waals surface area contributed by atoms with Crippen molar-refractivity contribution < 1.29 is 19.0 Å². The monoisotopic (exact) mass is 296 g/mol. The summed E-state index contributed by atoms with van der Waals surface area (Å²) in [6.07, 6.45) is 1.26. The average molecular weight is 296 g/mol. The molecule has 21 heavy (non-hydrogen) atoms. The molecule has 0 aliphatic rings. The molecule has 0 aromatic carbocycles. The largest absolute Gasteiger partial charge is 0.618 e. The molecule has 1 aromatic rings. The molecule has 0 spiro atoms. The summed E-state index contributed by atoms with van der Waals surface area (Å²) in [7, 11) is 2.78. The average Bonchev–Trinajstić information content (AvgIpc) is 2.53. The maximum atomic E-state index is 12.3. The molecular weight excluding hydrogens is 276 g/mol. The van der Waals surface area contributed by atoms with Crippen molar-refractivity contribution in [3.63, 3.8) is 0 Å². The van der Waals surface area contributed by atoms with E-state index in [2.05, 4.69) is 9.97 Å². The van der Waals surface area contributed by atoms with E-state index in [1.165, 1.54) is 27.3 Å². The van der Waals surface area contributed by atoms with Crippen LogP contribution in [0.25, 0.3) is 0 Å². The predicted molar refractivity (Wildman–Crippen MR) is 77.0 cm³/mol. The first-order valence-electron chi connectivity index (χ1n) is 6.55. The summed E-state index contributed by atoms with van der Waals surface area (Å²) in [5.41, 5.74) is 0.0714. The molecule has 1 rings (SSSR count). The number of methoxy groups -OCH3 is 2. The fourth-order valence-corrected chi connectivity index (χ4v) is 1.74. The highest BCUT2D eigenvalue weighted by atomic mass is 16.5. The van der Waals surface area contributed by atoms with Crippen LogP contribution in [-0.2, 0) is 4.79 Å². The zero-order valence-corrected chi connectivity index (χ0v) is 12.9. The van der Waals surface area contributed by atoms with Gasteiger partial charge in [0.05, 0.1) is 14.2 Å². The van der Waals surface area contributed by atoms with Crippen molar-refractivity contribution >= 4 is 17.3 Å². The molecule has 8 nitrogen and oxygen atoms in total. The molecule has 1 aromatic heterocycles. The van der Waals surface area contributed by atoms with Gasteiger partial charge in [-0.3, -0.25) is 4.79 Å². The van der Waals surface area contributed by atoms with Crippen LogP contribution < -0.4 is 9.47 Å². The Morgan fingerprint density at radius 1 is 1.33 bits per heavy atom. The first-order chi connectivity index (χ1) is 9.99. The van der Waals surface area contributed by atoms with Gasteiger partial charge in [0.25, 0.3) is 17.3 Å². The molecule has 0 atom stereocenters. The minimum Gasteiger partial charge on any atom is -0.618 e. The molecule has 1 amide bonds. The highest BCUT2D eigenvalue weighted by molar-refractivity contribution is 6.35. The van der Waals surface area contributed by atoms with E-state index in [4.69, 9.17) is 9.47 Å². The van der Waals surface area contributed by atoms with Crippen LogP contribution in [0.4, 0.5) is 5.69 Å². The van der Waals surface area contributed by atoms with Crippen LogP contribution in [0.2, 0.25) is 0 Å². The number of carbonyl (C=O) groups is 1. The van der Waals surface area contributed by atoms with Crippen LogP contribution in [0.15, 0.2) is 6.20 Å². The molecule has 1 heterocycles. The molecule has 0 saturated heterocycles. The van der Waals surface area contributed by atoms with Crippen LogP contribution in [0.3, 0.4) is 0 Å². The number of carbonyl (C=O) groups excluding carboxylic acids is 1. The third kappa shape index (κ3) is 3.59. The summed E-state index contributed by atoms with van der Waals surface area (Å²) in [6, 6.07) is 0.0803. The van der Waals surface area contributed by atoms with Gasteiger partial charge in [-0.1, -0.05) is 0 Å². The van der Waals surface area contributed by atoms with Gasteiger partial charge in [0.2, 0.25) is 0 Å². The van der Waals surface area contributed by atoms with E-state index in [0.29, 0.717) is 17.8 Å². The van der Waals surface area contributed by atoms with Gasteiger partial charge in [-0.2, -0.15) is 14.7 Å². The molecule has 0 aliphatic heterocycles.